The standard InChI is InChI=1S/C19H13BO5.C7H7BO3.2C6H6O2/c21-13-5-7-15-17(9-13)25-18-10-14(22)6-8-16(18)19(15)11-1-3-12(4-2-11)20(23)24;9-5-6-1-3-7(4-2-6)8(10)11;2*7-5-2-1-3-6(8)4-5/h1-10,21,23-24H;1-5,10-11H;2*1-4,7-8H. The molecule has 1 aliphatic heterocycles. The van der Waals surface area contributed by atoms with Crippen molar-refractivity contribution >= 4 is 42.4 Å². The van der Waals surface area contributed by atoms with Crippen molar-refractivity contribution in [1.29, 1.82) is 0 Å². The number of hydrogen-bond donors (Lipinski definition) is 9. The van der Waals surface area contributed by atoms with E-state index in [1.807, 2.05) is 0 Å². The maximum Gasteiger partial charge on any atom is 0.488 e. The summed E-state index contributed by atoms with van der Waals surface area (Å²) in [5.41, 5.74) is 4.02. The molecule has 9 N–H and O–H groups in total. The van der Waals surface area contributed by atoms with Gasteiger partial charge in [0.2, 0.25) is 0 Å². The third kappa shape index (κ3) is 10.7. The number of phenols is 5. The van der Waals surface area contributed by atoms with Gasteiger partial charge in [-0.15, -0.1) is 0 Å². The zero-order valence-corrected chi connectivity index (χ0v) is 27.2. The highest BCUT2D eigenvalue weighted by Crippen LogP contribution is 2.40. The zero-order valence-electron chi connectivity index (χ0n) is 27.2. The van der Waals surface area contributed by atoms with Gasteiger partial charge in [0, 0.05) is 46.3 Å². The Morgan fingerprint density at radius 2 is 1.00 bits per heavy atom. The van der Waals surface area contributed by atoms with Crippen molar-refractivity contribution in [2.75, 3.05) is 0 Å². The average Bonchev–Trinajstić information content (AvgIpc) is 3.11. The number of rotatable bonds is 4. The molecular formula is C38H32B2O12. The third-order valence-electron chi connectivity index (χ3n) is 7.20. The van der Waals surface area contributed by atoms with Crippen LogP contribution in [0.1, 0.15) is 10.4 Å². The van der Waals surface area contributed by atoms with E-state index in [2.05, 4.69) is 0 Å². The number of aldehydes is 1. The van der Waals surface area contributed by atoms with E-state index in [9.17, 15) is 24.7 Å². The maximum atomic E-state index is 11.7. The quantitative estimate of drug-likeness (QED) is 0.0731. The fourth-order valence-electron chi connectivity index (χ4n) is 4.72. The van der Waals surface area contributed by atoms with Gasteiger partial charge in [-0.05, 0) is 65.0 Å². The molecule has 7 rings (SSSR count). The first kappa shape index (κ1) is 38.2. The summed E-state index contributed by atoms with van der Waals surface area (Å²) in [6.07, 6.45) is 0.702. The van der Waals surface area contributed by atoms with Crippen LogP contribution in [0.4, 0.5) is 0 Å². The molecule has 262 valence electrons. The molecule has 0 radical (unpaired) electrons. The summed E-state index contributed by atoms with van der Waals surface area (Å²) in [6, 6.07) is 34.0. The van der Waals surface area contributed by atoms with Crippen molar-refractivity contribution in [3.8, 4) is 51.2 Å². The molecule has 0 saturated carbocycles. The van der Waals surface area contributed by atoms with Crippen LogP contribution in [0.3, 0.4) is 0 Å². The third-order valence-corrected chi connectivity index (χ3v) is 7.20. The molecule has 1 aliphatic carbocycles. The monoisotopic (exact) mass is 702 g/mol. The number of carbonyl (C=O) groups is 1. The first-order chi connectivity index (χ1) is 24.8. The first-order valence-electron chi connectivity index (χ1n) is 15.4. The summed E-state index contributed by atoms with van der Waals surface area (Å²) < 4.78 is 5.79. The molecule has 0 bridgehead atoms. The molecule has 5 aromatic carbocycles. The molecule has 52 heavy (non-hydrogen) atoms. The van der Waals surface area contributed by atoms with Crippen molar-refractivity contribution in [2.24, 2.45) is 0 Å². The Balaban J connectivity index is 0.000000184. The summed E-state index contributed by atoms with van der Waals surface area (Å²) in [6.45, 7) is 0. The Bertz CT molecular complexity index is 2180. The molecule has 0 fully saturated rings. The lowest BCUT2D eigenvalue weighted by Crippen LogP contribution is -2.29. The Labute approximate surface area is 297 Å². The second-order valence-corrected chi connectivity index (χ2v) is 11.0. The van der Waals surface area contributed by atoms with Crippen LogP contribution in [0.5, 0.6) is 28.7 Å². The Morgan fingerprint density at radius 3 is 1.44 bits per heavy atom. The molecule has 5 aromatic rings. The van der Waals surface area contributed by atoms with E-state index in [1.165, 1.54) is 78.9 Å². The van der Waals surface area contributed by atoms with Gasteiger partial charge in [-0.25, -0.2) is 0 Å². The van der Waals surface area contributed by atoms with Crippen LogP contribution >= 0.6 is 0 Å². The number of fused-ring (bicyclic) bond motifs is 2. The van der Waals surface area contributed by atoms with Crippen LogP contribution in [-0.2, 0) is 0 Å². The van der Waals surface area contributed by atoms with Gasteiger partial charge in [-0.1, -0.05) is 60.7 Å². The average molecular weight is 702 g/mol. The Morgan fingerprint density at radius 1 is 0.519 bits per heavy atom. The Hall–Kier alpha value is -6.57. The molecule has 0 unspecified atom stereocenters. The van der Waals surface area contributed by atoms with E-state index in [0.717, 1.165) is 22.1 Å². The van der Waals surface area contributed by atoms with Crippen molar-refractivity contribution in [1.82, 2.24) is 0 Å². The van der Waals surface area contributed by atoms with Crippen LogP contribution in [0.25, 0.3) is 33.4 Å². The fourth-order valence-corrected chi connectivity index (χ4v) is 4.72. The van der Waals surface area contributed by atoms with Gasteiger partial charge < -0.3 is 50.0 Å². The zero-order chi connectivity index (χ0) is 37.8. The van der Waals surface area contributed by atoms with E-state index in [-0.39, 0.29) is 34.2 Å². The minimum absolute atomic E-state index is 0.0681. The van der Waals surface area contributed by atoms with Gasteiger partial charge in [-0.3, -0.25) is 9.59 Å². The van der Waals surface area contributed by atoms with Crippen LogP contribution in [0, 0.1) is 0 Å². The topological polar surface area (TPSA) is 229 Å². The lowest BCUT2D eigenvalue weighted by atomic mass is 9.79. The molecular weight excluding hydrogens is 670 g/mol. The molecule has 0 spiro atoms. The van der Waals surface area contributed by atoms with Gasteiger partial charge in [-0.2, -0.15) is 0 Å². The van der Waals surface area contributed by atoms with E-state index in [1.54, 1.807) is 54.6 Å². The lowest BCUT2D eigenvalue weighted by molar-refractivity contribution is 0.112. The Kier molecular flexibility index (Phi) is 13.2. The number of hydrogen-bond acceptors (Lipinski definition) is 12. The van der Waals surface area contributed by atoms with Crippen molar-refractivity contribution < 1.29 is 54.8 Å². The fraction of sp³-hybridized carbons (Fsp3) is 0. The minimum atomic E-state index is -1.53. The summed E-state index contributed by atoms with van der Waals surface area (Å²) in [7, 11) is -3.00. The normalized spacial score (nSPS) is 10.1. The van der Waals surface area contributed by atoms with Gasteiger partial charge in [0.25, 0.3) is 0 Å². The van der Waals surface area contributed by atoms with E-state index < -0.39 is 14.2 Å². The molecule has 2 aliphatic rings. The van der Waals surface area contributed by atoms with E-state index in [4.69, 9.17) is 34.9 Å². The molecule has 14 heteroatoms. The molecule has 12 nitrogen and oxygen atoms in total. The van der Waals surface area contributed by atoms with Crippen LogP contribution in [0.2, 0.25) is 0 Å². The second-order valence-electron chi connectivity index (χ2n) is 11.0. The van der Waals surface area contributed by atoms with Gasteiger partial charge in [0.15, 0.2) is 5.43 Å². The minimum Gasteiger partial charge on any atom is -0.508 e. The summed E-state index contributed by atoms with van der Waals surface area (Å²) in [5.74, 6) is 0.843. The second kappa shape index (κ2) is 17.9. The summed E-state index contributed by atoms with van der Waals surface area (Å²) >= 11 is 0. The lowest BCUT2D eigenvalue weighted by Gasteiger charge is -2.15. The molecule has 1 heterocycles. The van der Waals surface area contributed by atoms with Gasteiger partial charge >= 0.3 is 14.2 Å². The molecule has 0 atom stereocenters. The van der Waals surface area contributed by atoms with Crippen LogP contribution in [-0.4, -0.2) is 66.2 Å². The maximum absolute atomic E-state index is 11.7. The molecule has 0 saturated heterocycles. The highest BCUT2D eigenvalue weighted by molar-refractivity contribution is 6.59. The predicted octanol–water partition coefficient (Wildman–Crippen LogP) is 3.32. The van der Waals surface area contributed by atoms with E-state index >= 15 is 0 Å². The van der Waals surface area contributed by atoms with E-state index in [0.29, 0.717) is 34.1 Å². The highest BCUT2D eigenvalue weighted by atomic mass is 16.4. The number of aromatic hydroxyl groups is 5. The van der Waals surface area contributed by atoms with Crippen molar-refractivity contribution in [3.63, 3.8) is 0 Å². The smallest absolute Gasteiger partial charge is 0.488 e. The van der Waals surface area contributed by atoms with Crippen LogP contribution < -0.4 is 16.4 Å². The predicted molar refractivity (Wildman–Crippen MR) is 197 cm³/mol. The van der Waals surface area contributed by atoms with Gasteiger partial charge in [0.1, 0.15) is 46.4 Å². The molecule has 0 aromatic heterocycles. The summed E-state index contributed by atoms with van der Waals surface area (Å²) in [4.78, 5) is 21.9. The first-order valence-corrected chi connectivity index (χ1v) is 15.4. The van der Waals surface area contributed by atoms with Crippen molar-refractivity contribution in [3.05, 3.63) is 149 Å². The number of carbonyl (C=O) groups excluding carboxylic acids is 1. The SMILES string of the molecule is O=Cc1ccc(B(O)O)cc1.O=c1ccc2c(-c3ccc(B(O)O)cc3)c3ccc(O)cc3oc-2c1.Oc1cccc(O)c1.Oc1cccc(O)c1. The van der Waals surface area contributed by atoms with Gasteiger partial charge in [0.05, 0.1) is 0 Å². The van der Waals surface area contributed by atoms with Crippen LogP contribution in [0.15, 0.2) is 143 Å². The van der Waals surface area contributed by atoms with Crippen molar-refractivity contribution in [2.45, 2.75) is 0 Å². The number of phenolic OH excluding ortho intramolecular Hbond substituents is 5. The number of benzene rings is 6. The largest absolute Gasteiger partial charge is 0.508 e. The summed E-state index contributed by atoms with van der Waals surface area (Å²) in [5, 5.41) is 81.0. The molecule has 0 amide bonds. The highest BCUT2D eigenvalue weighted by Gasteiger charge is 2.18.